The summed E-state index contributed by atoms with van der Waals surface area (Å²) in [6.07, 6.45) is 0. The van der Waals surface area contributed by atoms with Gasteiger partial charge in [-0.05, 0) is 23.8 Å². The van der Waals surface area contributed by atoms with Crippen LogP contribution in [0.15, 0.2) is 53.4 Å². The highest BCUT2D eigenvalue weighted by Gasteiger charge is 2.35. The zero-order valence-electron chi connectivity index (χ0n) is 14.3. The number of nitrogens with zero attached hydrogens (tertiary/aromatic N) is 1. The molecule has 1 saturated heterocycles. The fraction of sp³-hybridized carbons (Fsp3) is 0.278. The quantitative estimate of drug-likeness (QED) is 0.824. The van der Waals surface area contributed by atoms with E-state index in [1.165, 1.54) is 25.3 Å². The van der Waals surface area contributed by atoms with Crippen molar-refractivity contribution in [3.63, 3.8) is 0 Å². The fourth-order valence-corrected chi connectivity index (χ4v) is 3.79. The molecule has 26 heavy (non-hydrogen) atoms. The maximum atomic E-state index is 13.0. The molecule has 138 valence electrons. The summed E-state index contributed by atoms with van der Waals surface area (Å²) in [5.41, 5.74) is 7.47. The number of likely N-dealkylation sites (tertiary alicyclic amines) is 1. The van der Waals surface area contributed by atoms with Gasteiger partial charge in [0.1, 0.15) is 5.75 Å². The van der Waals surface area contributed by atoms with Gasteiger partial charge in [0.25, 0.3) is 5.91 Å². The largest absolute Gasteiger partial charge is 0.496 e. The molecule has 3 rings (SSSR count). The molecule has 1 heterocycles. The van der Waals surface area contributed by atoms with E-state index in [-0.39, 0.29) is 28.3 Å². The van der Waals surface area contributed by atoms with Gasteiger partial charge in [-0.1, -0.05) is 30.3 Å². The number of sulfonamides is 1. The van der Waals surface area contributed by atoms with Crippen molar-refractivity contribution in [3.05, 3.63) is 59.7 Å². The zero-order chi connectivity index (χ0) is 18.9. The summed E-state index contributed by atoms with van der Waals surface area (Å²) >= 11 is 0. The van der Waals surface area contributed by atoms with Crippen LogP contribution in [0.3, 0.4) is 0 Å². The van der Waals surface area contributed by atoms with Crippen molar-refractivity contribution < 1.29 is 17.9 Å². The van der Waals surface area contributed by atoms with Crippen LogP contribution < -0.4 is 15.6 Å². The van der Waals surface area contributed by atoms with Crippen LogP contribution in [-0.4, -0.2) is 45.5 Å². The number of hydrogen-bond acceptors (Lipinski definition) is 5. The van der Waals surface area contributed by atoms with Crippen molar-refractivity contribution in [2.75, 3.05) is 20.2 Å². The Balaban J connectivity index is 1.90. The highest BCUT2D eigenvalue weighted by atomic mass is 32.2. The average Bonchev–Trinajstić information content (AvgIpc) is 3.02. The molecular weight excluding hydrogens is 354 g/mol. The number of nitrogens with two attached hydrogens (primary N) is 2. The Bertz CT molecular complexity index is 915. The summed E-state index contributed by atoms with van der Waals surface area (Å²) in [5.74, 6) is -0.0204. The maximum Gasteiger partial charge on any atom is 0.257 e. The lowest BCUT2D eigenvalue weighted by Gasteiger charge is -2.18. The first-order chi connectivity index (χ1) is 12.3. The van der Waals surface area contributed by atoms with Gasteiger partial charge in [0, 0.05) is 25.0 Å². The normalized spacial score (nSPS) is 20.2. The van der Waals surface area contributed by atoms with Crippen LogP contribution in [0.1, 0.15) is 21.8 Å². The Kier molecular flexibility index (Phi) is 4.99. The molecule has 0 aromatic heterocycles. The number of hydrogen-bond donors (Lipinski definition) is 2. The number of carbonyl (C=O) groups excluding carboxylic acids is 1. The van der Waals surface area contributed by atoms with Crippen molar-refractivity contribution in [3.8, 4) is 5.75 Å². The van der Waals surface area contributed by atoms with Gasteiger partial charge in [0.05, 0.1) is 17.6 Å². The summed E-state index contributed by atoms with van der Waals surface area (Å²) in [4.78, 5) is 14.5. The number of primary sulfonamides is 1. The Morgan fingerprint density at radius 2 is 1.85 bits per heavy atom. The molecule has 0 unspecified atom stereocenters. The number of carbonyl (C=O) groups is 1. The number of benzene rings is 2. The van der Waals surface area contributed by atoms with E-state index in [2.05, 4.69) is 0 Å². The lowest BCUT2D eigenvalue weighted by atomic mass is 9.95. The SMILES string of the molecule is COc1ccc(S(N)(=O)=O)cc1C(=O)N1C[C@@H](N)[C@H](c2ccccc2)C1. The minimum Gasteiger partial charge on any atom is -0.496 e. The summed E-state index contributed by atoms with van der Waals surface area (Å²) in [6, 6.07) is 13.6. The van der Waals surface area contributed by atoms with Crippen LogP contribution in [0.4, 0.5) is 0 Å². The van der Waals surface area contributed by atoms with Crippen LogP contribution in [0.25, 0.3) is 0 Å². The Labute approximate surface area is 152 Å². The second-order valence-electron chi connectivity index (χ2n) is 6.30. The number of rotatable bonds is 4. The van der Waals surface area contributed by atoms with E-state index in [1.807, 2.05) is 30.3 Å². The second kappa shape index (κ2) is 7.06. The minimum absolute atomic E-state index is 0.0209. The number of ether oxygens (including phenoxy) is 1. The monoisotopic (exact) mass is 375 g/mol. The van der Waals surface area contributed by atoms with E-state index in [4.69, 9.17) is 15.6 Å². The van der Waals surface area contributed by atoms with Crippen molar-refractivity contribution in [1.82, 2.24) is 4.90 Å². The average molecular weight is 375 g/mol. The third kappa shape index (κ3) is 3.57. The highest BCUT2D eigenvalue weighted by Crippen LogP contribution is 2.30. The van der Waals surface area contributed by atoms with Gasteiger partial charge in [-0.3, -0.25) is 4.79 Å². The lowest BCUT2D eigenvalue weighted by Crippen LogP contribution is -2.32. The molecule has 7 nitrogen and oxygen atoms in total. The molecular formula is C18H21N3O4S. The van der Waals surface area contributed by atoms with E-state index in [0.717, 1.165) is 5.56 Å². The molecule has 1 aliphatic rings. The van der Waals surface area contributed by atoms with E-state index in [0.29, 0.717) is 18.8 Å². The third-order valence-corrected chi connectivity index (χ3v) is 5.52. The van der Waals surface area contributed by atoms with Gasteiger partial charge in [0.2, 0.25) is 10.0 Å². The molecule has 4 N–H and O–H groups in total. The maximum absolute atomic E-state index is 13.0. The minimum atomic E-state index is -3.92. The predicted octanol–water partition coefficient (Wildman–Crippen LogP) is 0.910. The second-order valence-corrected chi connectivity index (χ2v) is 7.86. The van der Waals surface area contributed by atoms with Gasteiger partial charge in [-0.25, -0.2) is 13.6 Å². The van der Waals surface area contributed by atoms with E-state index >= 15 is 0 Å². The third-order valence-electron chi connectivity index (χ3n) is 4.61. The lowest BCUT2D eigenvalue weighted by molar-refractivity contribution is 0.0785. The summed E-state index contributed by atoms with van der Waals surface area (Å²) < 4.78 is 28.4. The Morgan fingerprint density at radius 1 is 1.15 bits per heavy atom. The van der Waals surface area contributed by atoms with Gasteiger partial charge < -0.3 is 15.4 Å². The molecule has 0 aliphatic carbocycles. The van der Waals surface area contributed by atoms with Gasteiger partial charge in [-0.2, -0.15) is 0 Å². The van der Waals surface area contributed by atoms with Crippen molar-refractivity contribution in [2.24, 2.45) is 10.9 Å². The Hall–Kier alpha value is -2.42. The van der Waals surface area contributed by atoms with Crippen molar-refractivity contribution in [2.45, 2.75) is 16.9 Å². The van der Waals surface area contributed by atoms with E-state index in [1.54, 1.807) is 4.90 Å². The van der Waals surface area contributed by atoms with Crippen LogP contribution in [-0.2, 0) is 10.0 Å². The summed E-state index contributed by atoms with van der Waals surface area (Å²) in [5, 5.41) is 5.18. The van der Waals surface area contributed by atoms with Crippen molar-refractivity contribution >= 4 is 15.9 Å². The molecule has 0 saturated carbocycles. The first-order valence-electron chi connectivity index (χ1n) is 8.12. The molecule has 0 bridgehead atoms. The van der Waals surface area contributed by atoms with Crippen LogP contribution in [0.2, 0.25) is 0 Å². The summed E-state index contributed by atoms with van der Waals surface area (Å²) in [7, 11) is -2.50. The number of methoxy groups -OCH3 is 1. The Morgan fingerprint density at radius 3 is 2.46 bits per heavy atom. The molecule has 1 fully saturated rings. The molecule has 0 radical (unpaired) electrons. The van der Waals surface area contributed by atoms with Gasteiger partial charge >= 0.3 is 0 Å². The first kappa shape index (κ1) is 18.4. The molecule has 1 aliphatic heterocycles. The highest BCUT2D eigenvalue weighted by molar-refractivity contribution is 7.89. The van der Waals surface area contributed by atoms with Crippen LogP contribution >= 0.6 is 0 Å². The van der Waals surface area contributed by atoms with Gasteiger partial charge in [-0.15, -0.1) is 0 Å². The first-order valence-corrected chi connectivity index (χ1v) is 9.66. The standard InChI is InChI=1S/C18H21N3O4S/c1-25-17-8-7-13(26(20,23)24)9-14(17)18(22)21-10-15(16(19)11-21)12-5-3-2-4-6-12/h2-9,15-16H,10-11,19H2,1H3,(H2,20,23,24)/t15-,16+/m0/s1. The topological polar surface area (TPSA) is 116 Å². The van der Waals surface area contributed by atoms with Crippen LogP contribution in [0.5, 0.6) is 5.75 Å². The van der Waals surface area contributed by atoms with Crippen LogP contribution in [0, 0.1) is 0 Å². The molecule has 1 amide bonds. The smallest absolute Gasteiger partial charge is 0.257 e. The number of amides is 1. The van der Waals surface area contributed by atoms with E-state index < -0.39 is 10.0 Å². The van der Waals surface area contributed by atoms with Gasteiger partial charge in [0.15, 0.2) is 0 Å². The fourth-order valence-electron chi connectivity index (χ4n) is 3.25. The molecule has 0 spiro atoms. The van der Waals surface area contributed by atoms with Crippen molar-refractivity contribution in [1.29, 1.82) is 0 Å². The predicted molar refractivity (Wildman–Crippen MR) is 97.4 cm³/mol. The molecule has 8 heteroatoms. The molecule has 2 aromatic carbocycles. The summed E-state index contributed by atoms with van der Waals surface area (Å²) in [6.45, 7) is 0.827. The molecule has 2 atom stereocenters. The molecule has 2 aromatic rings. The van der Waals surface area contributed by atoms with E-state index in [9.17, 15) is 13.2 Å². The zero-order valence-corrected chi connectivity index (χ0v) is 15.1.